The van der Waals surface area contributed by atoms with Crippen molar-refractivity contribution in [3.63, 3.8) is 0 Å². The quantitative estimate of drug-likeness (QED) is 0.873. The smallest absolute Gasteiger partial charge is 0.433 e. The second-order valence-corrected chi connectivity index (χ2v) is 4.87. The Labute approximate surface area is 119 Å². The molecule has 5 nitrogen and oxygen atoms in total. The molecule has 0 spiro atoms. The highest BCUT2D eigenvalue weighted by Crippen LogP contribution is 2.29. The van der Waals surface area contributed by atoms with Crippen molar-refractivity contribution in [2.24, 2.45) is 5.92 Å². The summed E-state index contributed by atoms with van der Waals surface area (Å²) in [7, 11) is 0. The van der Waals surface area contributed by atoms with Crippen LogP contribution in [0.2, 0.25) is 0 Å². The fourth-order valence-corrected chi connectivity index (χ4v) is 1.68. The van der Waals surface area contributed by atoms with E-state index in [9.17, 15) is 18.0 Å². The van der Waals surface area contributed by atoms with Crippen LogP contribution in [0.1, 0.15) is 31.5 Å². The standard InChI is InChI=1S/C13H14F3N3O2/c1-7(2)5-9(12(20)21)18-11-8(6-17)3-4-10(19-11)13(14,15)16/h3-4,7,9H,5H2,1-2H3,(H,18,19)(H,20,21). The molecule has 1 heterocycles. The van der Waals surface area contributed by atoms with E-state index in [0.717, 1.165) is 6.07 Å². The minimum absolute atomic E-state index is 0.00920. The molecule has 0 fully saturated rings. The van der Waals surface area contributed by atoms with Crippen LogP contribution in [0.4, 0.5) is 19.0 Å². The summed E-state index contributed by atoms with van der Waals surface area (Å²) in [5, 5.41) is 20.4. The first kappa shape index (κ1) is 16.8. The molecular weight excluding hydrogens is 287 g/mol. The number of nitrogens with one attached hydrogen (secondary N) is 1. The lowest BCUT2D eigenvalue weighted by Crippen LogP contribution is -2.31. The third kappa shape index (κ3) is 4.63. The summed E-state index contributed by atoms with van der Waals surface area (Å²) in [6, 6.07) is 2.22. The summed E-state index contributed by atoms with van der Waals surface area (Å²) in [6.07, 6.45) is -4.47. The van der Waals surface area contributed by atoms with Crippen LogP contribution in [0, 0.1) is 17.2 Å². The molecule has 0 aromatic carbocycles. The largest absolute Gasteiger partial charge is 0.480 e. The van der Waals surface area contributed by atoms with Crippen molar-refractivity contribution in [3.05, 3.63) is 23.4 Å². The Morgan fingerprint density at radius 1 is 1.48 bits per heavy atom. The van der Waals surface area contributed by atoms with Gasteiger partial charge in [0.15, 0.2) is 0 Å². The molecule has 114 valence electrons. The van der Waals surface area contributed by atoms with Crippen LogP contribution in [0.3, 0.4) is 0 Å². The summed E-state index contributed by atoms with van der Waals surface area (Å²) >= 11 is 0. The number of carboxylic acid groups (broad SMARTS) is 1. The monoisotopic (exact) mass is 301 g/mol. The second-order valence-electron chi connectivity index (χ2n) is 4.87. The molecule has 0 aliphatic heterocycles. The molecule has 0 aliphatic rings. The first-order valence-corrected chi connectivity index (χ1v) is 6.12. The lowest BCUT2D eigenvalue weighted by atomic mass is 10.0. The highest BCUT2D eigenvalue weighted by Gasteiger charge is 2.33. The third-order valence-corrected chi connectivity index (χ3v) is 2.62. The van der Waals surface area contributed by atoms with Crippen LogP contribution in [0.25, 0.3) is 0 Å². The predicted octanol–water partition coefficient (Wildman–Crippen LogP) is 2.88. The second kappa shape index (κ2) is 6.43. The van der Waals surface area contributed by atoms with Crippen molar-refractivity contribution >= 4 is 11.8 Å². The average Bonchev–Trinajstić information content (AvgIpc) is 2.36. The van der Waals surface area contributed by atoms with E-state index in [-0.39, 0.29) is 23.7 Å². The minimum atomic E-state index is -4.67. The Morgan fingerprint density at radius 3 is 2.52 bits per heavy atom. The third-order valence-electron chi connectivity index (χ3n) is 2.62. The lowest BCUT2D eigenvalue weighted by molar-refractivity contribution is -0.141. The Kier molecular flexibility index (Phi) is 5.13. The van der Waals surface area contributed by atoms with Gasteiger partial charge in [-0.3, -0.25) is 0 Å². The average molecular weight is 301 g/mol. The summed E-state index contributed by atoms with van der Waals surface area (Å²) in [6.45, 7) is 3.56. The van der Waals surface area contributed by atoms with Gasteiger partial charge in [0.1, 0.15) is 23.6 Å². The summed E-state index contributed by atoms with van der Waals surface area (Å²) in [4.78, 5) is 14.4. The van der Waals surface area contributed by atoms with Gasteiger partial charge in [0.05, 0.1) is 5.56 Å². The van der Waals surface area contributed by atoms with Gasteiger partial charge < -0.3 is 10.4 Å². The molecule has 1 unspecified atom stereocenters. The topological polar surface area (TPSA) is 86.0 Å². The fraction of sp³-hybridized carbons (Fsp3) is 0.462. The number of rotatable bonds is 5. The van der Waals surface area contributed by atoms with Crippen LogP contribution < -0.4 is 5.32 Å². The Morgan fingerprint density at radius 2 is 2.10 bits per heavy atom. The zero-order valence-electron chi connectivity index (χ0n) is 11.4. The number of halogens is 3. The number of hydrogen-bond acceptors (Lipinski definition) is 4. The van der Waals surface area contributed by atoms with Gasteiger partial charge in [-0.15, -0.1) is 0 Å². The van der Waals surface area contributed by atoms with Crippen molar-refractivity contribution in [1.29, 1.82) is 5.26 Å². The Hall–Kier alpha value is -2.30. The highest BCUT2D eigenvalue weighted by molar-refractivity contribution is 5.77. The van der Waals surface area contributed by atoms with E-state index in [1.807, 2.05) is 0 Å². The molecule has 8 heteroatoms. The van der Waals surface area contributed by atoms with E-state index in [1.165, 1.54) is 0 Å². The number of carbonyl (C=O) groups is 1. The van der Waals surface area contributed by atoms with Crippen molar-refractivity contribution in [2.75, 3.05) is 5.32 Å². The normalized spacial score (nSPS) is 12.8. The van der Waals surface area contributed by atoms with Gasteiger partial charge in [0.2, 0.25) is 0 Å². The fourth-order valence-electron chi connectivity index (χ4n) is 1.68. The summed E-state index contributed by atoms with van der Waals surface area (Å²) in [5.41, 5.74) is -1.32. The lowest BCUT2D eigenvalue weighted by Gasteiger charge is -2.18. The van der Waals surface area contributed by atoms with Crippen LogP contribution in [-0.2, 0) is 11.0 Å². The molecule has 0 amide bonds. The number of nitrogens with zero attached hydrogens (tertiary/aromatic N) is 2. The maximum absolute atomic E-state index is 12.6. The van der Waals surface area contributed by atoms with Crippen molar-refractivity contribution in [3.8, 4) is 6.07 Å². The van der Waals surface area contributed by atoms with Gasteiger partial charge in [-0.05, 0) is 24.5 Å². The molecule has 1 aromatic rings. The van der Waals surface area contributed by atoms with Crippen molar-refractivity contribution < 1.29 is 23.1 Å². The molecule has 1 rings (SSSR count). The van der Waals surface area contributed by atoms with E-state index in [1.54, 1.807) is 19.9 Å². The number of pyridine rings is 1. The van der Waals surface area contributed by atoms with E-state index in [4.69, 9.17) is 10.4 Å². The van der Waals surface area contributed by atoms with Crippen molar-refractivity contribution in [1.82, 2.24) is 4.98 Å². The zero-order chi connectivity index (χ0) is 16.2. The first-order valence-electron chi connectivity index (χ1n) is 6.12. The molecule has 0 radical (unpaired) electrons. The molecule has 0 aliphatic carbocycles. The number of alkyl halides is 3. The van der Waals surface area contributed by atoms with E-state index in [2.05, 4.69) is 10.3 Å². The number of hydrogen-bond donors (Lipinski definition) is 2. The molecule has 0 saturated heterocycles. The van der Waals surface area contributed by atoms with Crippen LogP contribution in [0.5, 0.6) is 0 Å². The number of nitriles is 1. The molecule has 2 N–H and O–H groups in total. The molecule has 0 bridgehead atoms. The molecule has 0 saturated carbocycles. The van der Waals surface area contributed by atoms with E-state index < -0.39 is 23.9 Å². The number of aromatic nitrogens is 1. The van der Waals surface area contributed by atoms with Gasteiger partial charge in [-0.2, -0.15) is 18.4 Å². The highest BCUT2D eigenvalue weighted by atomic mass is 19.4. The van der Waals surface area contributed by atoms with Gasteiger partial charge in [-0.1, -0.05) is 13.8 Å². The number of aliphatic carboxylic acids is 1. The van der Waals surface area contributed by atoms with Gasteiger partial charge in [0.25, 0.3) is 0 Å². The molecule has 1 aromatic heterocycles. The van der Waals surface area contributed by atoms with Crippen LogP contribution in [0.15, 0.2) is 12.1 Å². The number of carboxylic acids is 1. The molecule has 21 heavy (non-hydrogen) atoms. The minimum Gasteiger partial charge on any atom is -0.480 e. The summed E-state index contributed by atoms with van der Waals surface area (Å²) in [5.74, 6) is -1.58. The SMILES string of the molecule is CC(C)CC(Nc1nc(C(F)(F)F)ccc1C#N)C(=O)O. The Bertz CT molecular complexity index is 565. The first-order chi connectivity index (χ1) is 9.65. The molecular formula is C13H14F3N3O2. The van der Waals surface area contributed by atoms with Gasteiger partial charge in [0, 0.05) is 0 Å². The van der Waals surface area contributed by atoms with Gasteiger partial charge in [-0.25, -0.2) is 9.78 Å². The zero-order valence-corrected chi connectivity index (χ0v) is 11.4. The predicted molar refractivity (Wildman–Crippen MR) is 68.5 cm³/mol. The Balaban J connectivity index is 3.15. The molecule has 1 atom stereocenters. The van der Waals surface area contributed by atoms with E-state index in [0.29, 0.717) is 6.07 Å². The van der Waals surface area contributed by atoms with Crippen LogP contribution >= 0.6 is 0 Å². The van der Waals surface area contributed by atoms with Gasteiger partial charge >= 0.3 is 12.1 Å². The maximum Gasteiger partial charge on any atom is 0.433 e. The van der Waals surface area contributed by atoms with Crippen LogP contribution in [-0.4, -0.2) is 22.1 Å². The maximum atomic E-state index is 12.6. The number of anilines is 1. The van der Waals surface area contributed by atoms with Crippen molar-refractivity contribution in [2.45, 2.75) is 32.5 Å². The van der Waals surface area contributed by atoms with E-state index >= 15 is 0 Å². The summed E-state index contributed by atoms with van der Waals surface area (Å²) < 4.78 is 37.9.